The van der Waals surface area contributed by atoms with Gasteiger partial charge in [0, 0.05) is 25.1 Å². The zero-order valence-electron chi connectivity index (χ0n) is 13.8. The fourth-order valence-corrected chi connectivity index (χ4v) is 4.49. The van der Waals surface area contributed by atoms with Gasteiger partial charge in [0.15, 0.2) is 5.65 Å². The summed E-state index contributed by atoms with van der Waals surface area (Å²) in [6.07, 6.45) is 4.11. The minimum atomic E-state index is -0.255. The van der Waals surface area contributed by atoms with Crippen LogP contribution in [0.25, 0.3) is 15.9 Å². The van der Waals surface area contributed by atoms with Gasteiger partial charge in [-0.2, -0.15) is 4.52 Å². The summed E-state index contributed by atoms with van der Waals surface area (Å²) in [6, 6.07) is 0. The number of carbonyl (C=O) groups excluding carboxylic acids is 1. The van der Waals surface area contributed by atoms with E-state index in [0.29, 0.717) is 13.2 Å². The maximum Gasteiger partial charge on any atom is 0.290 e. The Hall–Kier alpha value is -2.06. The van der Waals surface area contributed by atoms with Gasteiger partial charge < -0.3 is 10.1 Å². The van der Waals surface area contributed by atoms with E-state index in [1.54, 1.807) is 23.0 Å². The molecule has 0 spiro atoms. The minimum absolute atomic E-state index is 0.197. The van der Waals surface area contributed by atoms with Crippen molar-refractivity contribution >= 4 is 33.1 Å². The van der Waals surface area contributed by atoms with Crippen LogP contribution < -0.4 is 5.32 Å². The van der Waals surface area contributed by atoms with Crippen LogP contribution in [0, 0.1) is 6.92 Å². The second kappa shape index (κ2) is 6.10. The molecule has 3 heterocycles. The molecular formula is C16H19N5O2S. The van der Waals surface area contributed by atoms with Crippen molar-refractivity contribution in [2.45, 2.75) is 32.6 Å². The summed E-state index contributed by atoms with van der Waals surface area (Å²) >= 11 is 1.75. The molecule has 1 N–H and O–H groups in total. The van der Waals surface area contributed by atoms with E-state index in [1.807, 2.05) is 6.92 Å². The molecular weight excluding hydrogens is 326 g/mol. The number of nitrogens with one attached hydrogen (secondary N) is 1. The summed E-state index contributed by atoms with van der Waals surface area (Å²) in [7, 11) is 1.64. The quantitative estimate of drug-likeness (QED) is 0.714. The molecule has 4 rings (SSSR count). The molecule has 0 radical (unpaired) electrons. The summed E-state index contributed by atoms with van der Waals surface area (Å²) in [5.41, 5.74) is 2.09. The lowest BCUT2D eigenvalue weighted by Gasteiger charge is -2.00. The highest BCUT2D eigenvalue weighted by Gasteiger charge is 2.24. The van der Waals surface area contributed by atoms with E-state index < -0.39 is 0 Å². The first-order valence-corrected chi connectivity index (χ1v) is 8.95. The molecule has 126 valence electrons. The van der Waals surface area contributed by atoms with Gasteiger partial charge >= 0.3 is 0 Å². The van der Waals surface area contributed by atoms with E-state index >= 15 is 0 Å². The zero-order chi connectivity index (χ0) is 16.7. The largest absolute Gasteiger partial charge is 0.385 e. The Labute approximate surface area is 143 Å². The molecule has 8 heteroatoms. The first-order valence-electron chi connectivity index (χ1n) is 8.14. The van der Waals surface area contributed by atoms with Gasteiger partial charge in [0.2, 0.25) is 5.82 Å². The number of aromatic nitrogens is 4. The lowest BCUT2D eigenvalue weighted by atomic mass is 10.2. The smallest absolute Gasteiger partial charge is 0.290 e. The van der Waals surface area contributed by atoms with E-state index in [1.165, 1.54) is 16.9 Å². The number of aryl methyl sites for hydroxylation is 3. The molecule has 3 aromatic heterocycles. The predicted molar refractivity (Wildman–Crippen MR) is 91.8 cm³/mol. The number of rotatable bonds is 5. The van der Waals surface area contributed by atoms with Crippen molar-refractivity contribution in [3.8, 4) is 0 Å². The number of thiophene rings is 1. The SMILES string of the molecule is COCCCNC(=O)c1nc2c3c4c(sc3nc(C)n2n1)CCC4. The van der Waals surface area contributed by atoms with E-state index in [-0.39, 0.29) is 11.7 Å². The van der Waals surface area contributed by atoms with Crippen molar-refractivity contribution in [1.29, 1.82) is 0 Å². The zero-order valence-corrected chi connectivity index (χ0v) is 14.6. The van der Waals surface area contributed by atoms with Crippen molar-refractivity contribution in [2.75, 3.05) is 20.3 Å². The van der Waals surface area contributed by atoms with Gasteiger partial charge in [-0.25, -0.2) is 9.97 Å². The van der Waals surface area contributed by atoms with Crippen LogP contribution in [0.2, 0.25) is 0 Å². The summed E-state index contributed by atoms with van der Waals surface area (Å²) in [5, 5.41) is 8.28. The monoisotopic (exact) mass is 345 g/mol. The Morgan fingerprint density at radius 1 is 1.38 bits per heavy atom. The van der Waals surface area contributed by atoms with E-state index in [9.17, 15) is 4.79 Å². The van der Waals surface area contributed by atoms with Crippen LogP contribution in [0.1, 0.15) is 39.7 Å². The van der Waals surface area contributed by atoms with Crippen LogP contribution in [0.4, 0.5) is 0 Å². The topological polar surface area (TPSA) is 81.4 Å². The highest BCUT2D eigenvalue weighted by molar-refractivity contribution is 7.19. The molecule has 0 bridgehead atoms. The molecule has 1 aliphatic rings. The molecule has 0 saturated heterocycles. The molecule has 1 amide bonds. The number of fused-ring (bicyclic) bond motifs is 5. The average molecular weight is 345 g/mol. The van der Waals surface area contributed by atoms with Crippen molar-refractivity contribution < 1.29 is 9.53 Å². The van der Waals surface area contributed by atoms with Gasteiger partial charge in [-0.1, -0.05) is 0 Å². The number of hydrogen-bond donors (Lipinski definition) is 1. The van der Waals surface area contributed by atoms with Gasteiger partial charge in [-0.05, 0) is 38.2 Å². The lowest BCUT2D eigenvalue weighted by molar-refractivity contribution is 0.0938. The standard InChI is InChI=1S/C16H19N5O2S/c1-9-18-16-12(10-5-3-6-11(10)24-16)14-19-13(20-21(9)14)15(22)17-7-4-8-23-2/h3-8H2,1-2H3,(H,17,22). The van der Waals surface area contributed by atoms with Crippen molar-refractivity contribution in [1.82, 2.24) is 24.9 Å². The number of ether oxygens (including phenoxy) is 1. The molecule has 0 saturated carbocycles. The number of hydrogen-bond acceptors (Lipinski definition) is 6. The van der Waals surface area contributed by atoms with Crippen LogP contribution in [-0.2, 0) is 17.6 Å². The third kappa shape index (κ3) is 2.46. The number of nitrogens with zero attached hydrogens (tertiary/aromatic N) is 4. The Balaban J connectivity index is 1.73. The third-order valence-electron chi connectivity index (χ3n) is 4.32. The lowest BCUT2D eigenvalue weighted by Crippen LogP contribution is -2.26. The Bertz CT molecular complexity index is 930. The summed E-state index contributed by atoms with van der Waals surface area (Å²) < 4.78 is 6.67. The van der Waals surface area contributed by atoms with Crippen LogP contribution >= 0.6 is 11.3 Å². The Morgan fingerprint density at radius 3 is 3.08 bits per heavy atom. The predicted octanol–water partition coefficient (Wildman–Crippen LogP) is 1.90. The third-order valence-corrected chi connectivity index (χ3v) is 5.50. The van der Waals surface area contributed by atoms with E-state index in [4.69, 9.17) is 4.74 Å². The summed E-state index contributed by atoms with van der Waals surface area (Å²) in [4.78, 5) is 23.9. The Kier molecular flexibility index (Phi) is 3.93. The van der Waals surface area contributed by atoms with Gasteiger partial charge in [-0.15, -0.1) is 16.4 Å². The van der Waals surface area contributed by atoms with Crippen LogP contribution in [-0.4, -0.2) is 45.8 Å². The molecule has 24 heavy (non-hydrogen) atoms. The normalized spacial score (nSPS) is 13.8. The molecule has 0 aromatic carbocycles. The minimum Gasteiger partial charge on any atom is -0.385 e. The summed E-state index contributed by atoms with van der Waals surface area (Å²) in [6.45, 7) is 3.05. The van der Waals surface area contributed by atoms with Crippen molar-refractivity contribution in [3.05, 3.63) is 22.1 Å². The fourth-order valence-electron chi connectivity index (χ4n) is 3.19. The molecule has 0 aliphatic heterocycles. The Morgan fingerprint density at radius 2 is 2.25 bits per heavy atom. The van der Waals surface area contributed by atoms with Crippen molar-refractivity contribution in [2.24, 2.45) is 0 Å². The van der Waals surface area contributed by atoms with Gasteiger partial charge in [0.25, 0.3) is 5.91 Å². The van der Waals surface area contributed by atoms with E-state index in [0.717, 1.165) is 41.0 Å². The number of carbonyl (C=O) groups is 1. The molecule has 1 aliphatic carbocycles. The van der Waals surface area contributed by atoms with Crippen LogP contribution in [0.3, 0.4) is 0 Å². The first kappa shape index (κ1) is 15.5. The molecule has 0 unspecified atom stereocenters. The van der Waals surface area contributed by atoms with Crippen molar-refractivity contribution in [3.63, 3.8) is 0 Å². The maximum absolute atomic E-state index is 12.3. The maximum atomic E-state index is 12.3. The molecule has 0 atom stereocenters. The van der Waals surface area contributed by atoms with E-state index in [2.05, 4.69) is 20.4 Å². The molecule has 3 aromatic rings. The summed E-state index contributed by atoms with van der Waals surface area (Å²) in [5.74, 6) is 0.695. The van der Waals surface area contributed by atoms with Gasteiger partial charge in [0.05, 0.1) is 5.39 Å². The molecule has 0 fully saturated rings. The highest BCUT2D eigenvalue weighted by atomic mass is 32.1. The second-order valence-corrected chi connectivity index (χ2v) is 7.05. The average Bonchev–Trinajstić information content (AvgIpc) is 3.24. The fraction of sp³-hybridized carbons (Fsp3) is 0.500. The number of amides is 1. The van der Waals surface area contributed by atoms with Crippen LogP contribution in [0.5, 0.6) is 0 Å². The van der Waals surface area contributed by atoms with Gasteiger partial charge in [0.1, 0.15) is 10.7 Å². The van der Waals surface area contributed by atoms with Crippen LogP contribution in [0.15, 0.2) is 0 Å². The molecule has 7 nitrogen and oxygen atoms in total. The second-order valence-electron chi connectivity index (χ2n) is 5.97. The van der Waals surface area contributed by atoms with Gasteiger partial charge in [-0.3, -0.25) is 4.79 Å². The number of methoxy groups -OCH3 is 1. The highest BCUT2D eigenvalue weighted by Crippen LogP contribution is 2.38. The first-order chi connectivity index (χ1) is 11.7.